The lowest BCUT2D eigenvalue weighted by Crippen LogP contribution is -2.29. The topological polar surface area (TPSA) is 77.0 Å². The average molecular weight is 287 g/mol. The van der Waals surface area contributed by atoms with Crippen LogP contribution in [0.2, 0.25) is 0 Å². The van der Waals surface area contributed by atoms with Crippen LogP contribution in [-0.2, 0) is 11.8 Å². The fourth-order valence-corrected chi connectivity index (χ4v) is 3.06. The van der Waals surface area contributed by atoms with Crippen molar-refractivity contribution in [1.82, 2.24) is 14.8 Å². The number of fused-ring (bicyclic) bond motifs is 1. The maximum absolute atomic E-state index is 12.3. The molecule has 6 nitrogen and oxygen atoms in total. The van der Waals surface area contributed by atoms with E-state index >= 15 is 0 Å². The zero-order valence-corrected chi connectivity index (χ0v) is 12.5. The summed E-state index contributed by atoms with van der Waals surface area (Å²) in [5.41, 5.74) is 3.71. The summed E-state index contributed by atoms with van der Waals surface area (Å²) in [6, 6.07) is 1.70. The molecular weight excluding hydrogens is 270 g/mol. The average Bonchev–Trinajstić information content (AvgIpc) is 2.61. The van der Waals surface area contributed by atoms with E-state index in [1.54, 1.807) is 17.7 Å². The Kier molecular flexibility index (Phi) is 2.97. The van der Waals surface area contributed by atoms with Crippen LogP contribution in [0, 0.1) is 20.8 Å². The van der Waals surface area contributed by atoms with E-state index in [1.807, 2.05) is 20.9 Å². The SMILES string of the molecule is Cc1cc2c(c(=O)[nH]1)C(c1c(C)nn(C)c1C)CC(=O)O2. The number of nitrogens with one attached hydrogen (secondary N) is 1. The highest BCUT2D eigenvalue weighted by atomic mass is 16.5. The van der Waals surface area contributed by atoms with Crippen molar-refractivity contribution in [3.05, 3.63) is 44.6 Å². The van der Waals surface area contributed by atoms with Crippen molar-refractivity contribution in [1.29, 1.82) is 0 Å². The summed E-state index contributed by atoms with van der Waals surface area (Å²) in [6.07, 6.45) is 0.159. The molecule has 0 radical (unpaired) electrons. The molecule has 2 aromatic heterocycles. The van der Waals surface area contributed by atoms with Crippen molar-refractivity contribution in [2.24, 2.45) is 7.05 Å². The molecule has 6 heteroatoms. The Morgan fingerprint density at radius 3 is 2.62 bits per heavy atom. The summed E-state index contributed by atoms with van der Waals surface area (Å²) in [5, 5.41) is 4.38. The number of rotatable bonds is 1. The van der Waals surface area contributed by atoms with Gasteiger partial charge in [-0.25, -0.2) is 0 Å². The molecule has 0 saturated carbocycles. The third-order valence-electron chi connectivity index (χ3n) is 4.02. The summed E-state index contributed by atoms with van der Waals surface area (Å²) >= 11 is 0. The molecule has 2 aromatic rings. The highest BCUT2D eigenvalue weighted by Crippen LogP contribution is 2.38. The Balaban J connectivity index is 2.27. The van der Waals surface area contributed by atoms with E-state index in [1.165, 1.54) is 0 Å². The number of hydrogen-bond donors (Lipinski definition) is 1. The van der Waals surface area contributed by atoms with Crippen LogP contribution in [0.5, 0.6) is 5.75 Å². The number of carbonyl (C=O) groups is 1. The Bertz CT molecular complexity index is 801. The van der Waals surface area contributed by atoms with Gasteiger partial charge in [0.2, 0.25) is 0 Å². The molecule has 0 amide bonds. The predicted molar refractivity (Wildman–Crippen MR) is 76.6 cm³/mol. The minimum atomic E-state index is -0.319. The number of nitrogens with zero attached hydrogens (tertiary/aromatic N) is 2. The third-order valence-corrected chi connectivity index (χ3v) is 4.02. The zero-order chi connectivity index (χ0) is 15.3. The molecule has 0 bridgehead atoms. The van der Waals surface area contributed by atoms with Crippen molar-refractivity contribution in [2.45, 2.75) is 33.1 Å². The molecule has 0 aromatic carbocycles. The van der Waals surface area contributed by atoms with Gasteiger partial charge in [0.15, 0.2) is 0 Å². The quantitative estimate of drug-likeness (QED) is 0.806. The first-order chi connectivity index (χ1) is 9.88. The van der Waals surface area contributed by atoms with Gasteiger partial charge < -0.3 is 9.72 Å². The van der Waals surface area contributed by atoms with E-state index < -0.39 is 0 Å². The van der Waals surface area contributed by atoms with Gasteiger partial charge in [0.25, 0.3) is 5.56 Å². The number of aromatic amines is 1. The van der Waals surface area contributed by atoms with E-state index in [0.717, 1.165) is 17.0 Å². The van der Waals surface area contributed by atoms with Crippen LogP contribution in [0.25, 0.3) is 0 Å². The van der Waals surface area contributed by atoms with Crippen LogP contribution in [0.15, 0.2) is 10.9 Å². The van der Waals surface area contributed by atoms with Crippen LogP contribution in [0.3, 0.4) is 0 Å². The summed E-state index contributed by atoms with van der Waals surface area (Å²) in [5.74, 6) is -0.264. The molecule has 3 rings (SSSR count). The largest absolute Gasteiger partial charge is 0.426 e. The molecule has 110 valence electrons. The standard InChI is InChI=1S/C15H17N3O3/c1-7-5-11-14(15(20)16-7)10(6-12(19)21-11)13-8(2)17-18(4)9(13)3/h5,10H,6H2,1-4H3,(H,16,20). The number of hydrogen-bond acceptors (Lipinski definition) is 4. The fourth-order valence-electron chi connectivity index (χ4n) is 3.06. The molecular formula is C15H17N3O3. The summed E-state index contributed by atoms with van der Waals surface area (Å²) in [6.45, 7) is 5.60. The minimum absolute atomic E-state index is 0.159. The fraction of sp³-hybridized carbons (Fsp3) is 0.400. The number of aromatic nitrogens is 3. The number of esters is 1. The summed E-state index contributed by atoms with van der Waals surface area (Å²) in [4.78, 5) is 27.0. The lowest BCUT2D eigenvalue weighted by molar-refractivity contribution is -0.135. The van der Waals surface area contributed by atoms with Gasteiger partial charge in [0.1, 0.15) is 5.75 Å². The third kappa shape index (κ3) is 2.07. The first kappa shape index (κ1) is 13.6. The summed E-state index contributed by atoms with van der Waals surface area (Å²) in [7, 11) is 1.85. The first-order valence-electron chi connectivity index (χ1n) is 6.83. The molecule has 0 aliphatic carbocycles. The van der Waals surface area contributed by atoms with Crippen molar-refractivity contribution >= 4 is 5.97 Å². The van der Waals surface area contributed by atoms with E-state index in [2.05, 4.69) is 10.1 Å². The van der Waals surface area contributed by atoms with Gasteiger partial charge in [-0.3, -0.25) is 14.3 Å². The van der Waals surface area contributed by atoms with Crippen molar-refractivity contribution < 1.29 is 9.53 Å². The minimum Gasteiger partial charge on any atom is -0.426 e. The van der Waals surface area contributed by atoms with Crippen molar-refractivity contribution in [3.8, 4) is 5.75 Å². The molecule has 1 unspecified atom stereocenters. The molecule has 21 heavy (non-hydrogen) atoms. The van der Waals surface area contributed by atoms with Crippen molar-refractivity contribution in [3.63, 3.8) is 0 Å². The predicted octanol–water partition coefficient (Wildman–Crippen LogP) is 1.47. The molecule has 1 aliphatic heterocycles. The van der Waals surface area contributed by atoms with Crippen molar-refractivity contribution in [2.75, 3.05) is 0 Å². The molecule has 1 atom stereocenters. The molecule has 0 saturated heterocycles. The normalized spacial score (nSPS) is 17.5. The number of ether oxygens (including phenoxy) is 1. The van der Waals surface area contributed by atoms with E-state index in [-0.39, 0.29) is 23.9 Å². The van der Waals surface area contributed by atoms with Crippen LogP contribution in [0.4, 0.5) is 0 Å². The first-order valence-corrected chi connectivity index (χ1v) is 6.83. The molecule has 1 aliphatic rings. The Labute approximate surface area is 121 Å². The van der Waals surface area contributed by atoms with Crippen LogP contribution >= 0.6 is 0 Å². The number of pyridine rings is 1. The van der Waals surface area contributed by atoms with Gasteiger partial charge in [0, 0.05) is 36.0 Å². The second-order valence-corrected chi connectivity index (χ2v) is 5.50. The lowest BCUT2D eigenvalue weighted by atomic mass is 9.86. The number of carbonyl (C=O) groups excluding carboxylic acids is 1. The van der Waals surface area contributed by atoms with Crippen LogP contribution in [-0.4, -0.2) is 20.7 Å². The smallest absolute Gasteiger partial charge is 0.312 e. The highest BCUT2D eigenvalue weighted by molar-refractivity contribution is 5.77. The molecule has 0 fully saturated rings. The Morgan fingerprint density at radius 2 is 2.00 bits per heavy atom. The maximum Gasteiger partial charge on any atom is 0.312 e. The Morgan fingerprint density at radius 1 is 1.29 bits per heavy atom. The lowest BCUT2D eigenvalue weighted by Gasteiger charge is -2.24. The monoisotopic (exact) mass is 287 g/mol. The van der Waals surface area contributed by atoms with Gasteiger partial charge in [-0.1, -0.05) is 0 Å². The van der Waals surface area contributed by atoms with Gasteiger partial charge in [-0.2, -0.15) is 5.10 Å². The van der Waals surface area contributed by atoms with Crippen LogP contribution < -0.4 is 10.3 Å². The second-order valence-electron chi connectivity index (χ2n) is 5.50. The maximum atomic E-state index is 12.3. The van der Waals surface area contributed by atoms with Crippen LogP contribution in [0.1, 0.15) is 40.5 Å². The van der Waals surface area contributed by atoms with Gasteiger partial charge in [0.05, 0.1) is 17.7 Å². The zero-order valence-electron chi connectivity index (χ0n) is 12.5. The highest BCUT2D eigenvalue weighted by Gasteiger charge is 2.34. The Hall–Kier alpha value is -2.37. The second kappa shape index (κ2) is 4.58. The van der Waals surface area contributed by atoms with E-state index in [4.69, 9.17) is 4.74 Å². The number of aryl methyl sites for hydroxylation is 3. The van der Waals surface area contributed by atoms with E-state index in [9.17, 15) is 9.59 Å². The van der Waals surface area contributed by atoms with Gasteiger partial charge in [-0.05, 0) is 20.8 Å². The van der Waals surface area contributed by atoms with Gasteiger partial charge >= 0.3 is 5.97 Å². The molecule has 1 N–H and O–H groups in total. The molecule has 0 spiro atoms. The number of H-pyrrole nitrogens is 1. The van der Waals surface area contributed by atoms with E-state index in [0.29, 0.717) is 17.0 Å². The summed E-state index contributed by atoms with van der Waals surface area (Å²) < 4.78 is 7.02. The molecule has 3 heterocycles. The van der Waals surface area contributed by atoms with Gasteiger partial charge in [-0.15, -0.1) is 0 Å².